The Balaban J connectivity index is 0.000000185. The van der Waals surface area contributed by atoms with Crippen LogP contribution >= 0.6 is 34.5 Å². The van der Waals surface area contributed by atoms with E-state index < -0.39 is 35.7 Å². The van der Waals surface area contributed by atoms with E-state index in [9.17, 15) is 23.6 Å². The van der Waals surface area contributed by atoms with Gasteiger partial charge in [-0.2, -0.15) is 11.3 Å². The van der Waals surface area contributed by atoms with E-state index in [1.165, 1.54) is 28.8 Å². The molecule has 3 aromatic heterocycles. The molecule has 4 atom stereocenters. The number of nitrogens with zero attached hydrogens (tertiary/aromatic N) is 4. The van der Waals surface area contributed by atoms with Crippen LogP contribution in [0.15, 0.2) is 200 Å². The summed E-state index contributed by atoms with van der Waals surface area (Å²) in [6.07, 6.45) is 9.34. The Kier molecular flexibility index (Phi) is 20.2. The summed E-state index contributed by atoms with van der Waals surface area (Å²) in [4.78, 5) is 60.0. The first-order chi connectivity index (χ1) is 43.8. The largest absolute Gasteiger partial charge is 0.492 e. The van der Waals surface area contributed by atoms with Crippen LogP contribution in [-0.2, 0) is 48.6 Å². The Morgan fingerprint density at radius 3 is 1.37 bits per heavy atom. The van der Waals surface area contributed by atoms with Crippen LogP contribution in [0.25, 0.3) is 22.3 Å². The van der Waals surface area contributed by atoms with Gasteiger partial charge in [0.05, 0.1) is 48.4 Å². The number of ether oxygens (including phenoxy) is 2. The van der Waals surface area contributed by atoms with E-state index in [0.29, 0.717) is 72.1 Å². The number of carbonyl (C=O) groups is 4. The van der Waals surface area contributed by atoms with Gasteiger partial charge in [-0.25, -0.2) is 14.4 Å². The maximum atomic E-state index is 13.4. The number of amides is 4. The van der Waals surface area contributed by atoms with Crippen molar-refractivity contribution in [3.05, 3.63) is 271 Å². The first-order valence-electron chi connectivity index (χ1n) is 29.4. The number of imidazole rings is 2. The molecule has 7 aromatic carbocycles. The van der Waals surface area contributed by atoms with Crippen molar-refractivity contribution >= 4 is 58.2 Å². The minimum absolute atomic E-state index is 0.0271. The predicted octanol–water partition coefficient (Wildman–Crippen LogP) is 11.6. The van der Waals surface area contributed by atoms with Gasteiger partial charge in [0.25, 0.3) is 11.8 Å². The van der Waals surface area contributed by atoms with Gasteiger partial charge in [0.1, 0.15) is 29.4 Å². The van der Waals surface area contributed by atoms with Gasteiger partial charge < -0.3 is 51.3 Å². The number of para-hydroxylation sites is 2. The fraction of sp³-hybridized carbons (Fsp3) is 0.200. The standard InChI is InChI=1S/C36H33ClFN5O3.C34H32ClN5O3S/c37-27-12-6-23(7-13-27)18-33(35(39)44)42-36(45)31-3-1-2-30-32(16-17-46-34(30)31)41-20-29-19-40-22-43(29)21-24-4-8-25(9-5-24)26-10-14-28(38)15-11-26;35-26-10-6-22(7-11-26)16-31(33(36)41)39-34(42)29-3-1-2-28-30(12-14-43-32(28)29)38-18-27-17-37-21-40(27)19-23-4-8-24(9-5-23)25-13-15-44-20-25/h1-15,19,22,32-33,41H,16-18,20-21H2,(H2,39,44)(H,42,45);1-11,13,15,17,20-21,30-31,38H,12,14,16,18-19H2,(H2,36,41)(H,39,42)/t32?,33-;30?,31-/m00/s1. The molecule has 8 N–H and O–H groups in total. The van der Waals surface area contributed by atoms with Crippen LogP contribution in [0.2, 0.25) is 10.0 Å². The van der Waals surface area contributed by atoms with Crippen molar-refractivity contribution in [3.63, 3.8) is 0 Å². The van der Waals surface area contributed by atoms with Gasteiger partial charge in [0.2, 0.25) is 11.8 Å². The van der Waals surface area contributed by atoms with E-state index in [2.05, 4.69) is 93.6 Å². The number of rotatable bonds is 22. The summed E-state index contributed by atoms with van der Waals surface area (Å²) in [5, 5.41) is 18.3. The van der Waals surface area contributed by atoms with Crippen LogP contribution in [0.5, 0.6) is 11.5 Å². The zero-order valence-electron chi connectivity index (χ0n) is 48.9. The van der Waals surface area contributed by atoms with Crippen LogP contribution in [0.1, 0.15) is 90.4 Å². The molecule has 0 saturated carbocycles. The van der Waals surface area contributed by atoms with Gasteiger partial charge in [0.15, 0.2) is 0 Å². The number of aromatic nitrogens is 4. The van der Waals surface area contributed by atoms with Crippen LogP contribution in [0.4, 0.5) is 4.39 Å². The normalized spacial score (nSPS) is 14.7. The van der Waals surface area contributed by atoms with E-state index >= 15 is 0 Å². The molecule has 10 aromatic rings. The molecule has 2 aliphatic rings. The zero-order valence-corrected chi connectivity index (χ0v) is 51.2. The Bertz CT molecular complexity index is 4090. The molecule has 12 rings (SSSR count). The lowest BCUT2D eigenvalue weighted by Crippen LogP contribution is -2.46. The van der Waals surface area contributed by atoms with Gasteiger partial charge >= 0.3 is 0 Å². The Morgan fingerprint density at radius 2 is 0.956 bits per heavy atom. The van der Waals surface area contributed by atoms with Crippen molar-refractivity contribution < 1.29 is 33.0 Å². The van der Waals surface area contributed by atoms with E-state index in [1.54, 1.807) is 72.0 Å². The molecule has 20 heteroatoms. The summed E-state index contributed by atoms with van der Waals surface area (Å²) < 4.78 is 29.5. The van der Waals surface area contributed by atoms with Gasteiger partial charge in [-0.1, -0.05) is 132 Å². The number of fused-ring (bicyclic) bond motifs is 2. The average Bonchev–Trinajstić information content (AvgIpc) is 1.35. The molecule has 2 unspecified atom stereocenters. The van der Waals surface area contributed by atoms with Gasteiger partial charge in [-0.05, 0) is 110 Å². The molecule has 0 bridgehead atoms. The van der Waals surface area contributed by atoms with Crippen molar-refractivity contribution in [3.8, 4) is 33.8 Å². The topological polar surface area (TPSA) is 223 Å². The second kappa shape index (κ2) is 29.3. The number of primary amides is 2. The third-order valence-corrected chi connectivity index (χ3v) is 17.1. The summed E-state index contributed by atoms with van der Waals surface area (Å²) >= 11 is 13.7. The number of hydrogen-bond donors (Lipinski definition) is 6. The second-order valence-electron chi connectivity index (χ2n) is 22.0. The third-order valence-electron chi connectivity index (χ3n) is 15.9. The van der Waals surface area contributed by atoms with Gasteiger partial charge in [-0.15, -0.1) is 0 Å². The summed E-state index contributed by atoms with van der Waals surface area (Å²) in [5.74, 6) is -1.34. The van der Waals surface area contributed by atoms with Gasteiger partial charge in [-0.3, -0.25) is 19.2 Å². The molecular weight excluding hydrogens is 1200 g/mol. The highest BCUT2D eigenvalue weighted by Gasteiger charge is 2.30. The summed E-state index contributed by atoms with van der Waals surface area (Å²) in [5.41, 5.74) is 24.2. The molecule has 0 saturated heterocycles. The molecule has 90 heavy (non-hydrogen) atoms. The van der Waals surface area contributed by atoms with Crippen molar-refractivity contribution in [2.24, 2.45) is 11.5 Å². The maximum absolute atomic E-state index is 13.4. The minimum Gasteiger partial charge on any atom is -0.492 e. The fourth-order valence-electron chi connectivity index (χ4n) is 11.1. The number of halogens is 3. The number of thiophene rings is 1. The van der Waals surface area contributed by atoms with E-state index in [1.807, 2.05) is 73.6 Å². The van der Waals surface area contributed by atoms with Crippen LogP contribution < -0.4 is 42.2 Å². The average molecular weight is 1260 g/mol. The van der Waals surface area contributed by atoms with Crippen LogP contribution in [0.3, 0.4) is 0 Å². The molecule has 458 valence electrons. The molecular formula is C70H65Cl2FN10O6S. The number of nitrogens with two attached hydrogens (primary N) is 2. The van der Waals surface area contributed by atoms with Crippen molar-refractivity contribution in [2.75, 3.05) is 13.2 Å². The molecule has 4 amide bonds. The van der Waals surface area contributed by atoms with Crippen molar-refractivity contribution in [1.82, 2.24) is 40.4 Å². The first kappa shape index (κ1) is 62.2. The Labute approximate surface area is 534 Å². The van der Waals surface area contributed by atoms with Crippen LogP contribution in [0, 0.1) is 5.82 Å². The summed E-state index contributed by atoms with van der Waals surface area (Å²) in [6.45, 7) is 3.39. The molecule has 2 aliphatic heterocycles. The van der Waals surface area contributed by atoms with E-state index in [0.717, 1.165) is 63.2 Å². The van der Waals surface area contributed by atoms with Crippen molar-refractivity contribution in [2.45, 2.75) is 76.0 Å². The highest BCUT2D eigenvalue weighted by atomic mass is 35.5. The van der Waals surface area contributed by atoms with E-state index in [-0.39, 0.29) is 30.7 Å². The zero-order chi connectivity index (χ0) is 62.5. The fourth-order valence-corrected chi connectivity index (χ4v) is 12.0. The Hall–Kier alpha value is -9.43. The molecule has 0 aliphatic carbocycles. The highest BCUT2D eigenvalue weighted by molar-refractivity contribution is 7.08. The SMILES string of the molecule is NC(=O)[C@H](Cc1ccc(Cl)cc1)NC(=O)c1cccc2c1OCCC2NCc1cncn1Cc1ccc(-c2ccc(F)cc2)cc1.NC(=O)[C@H](Cc1ccc(Cl)cc1)NC(=O)c1cccc2c1OCCC2NCc1cncn1Cc1ccc(-c2ccsc2)cc1. The Morgan fingerprint density at radius 1 is 0.544 bits per heavy atom. The number of benzene rings is 7. The second-order valence-corrected chi connectivity index (χ2v) is 23.7. The summed E-state index contributed by atoms with van der Waals surface area (Å²) in [7, 11) is 0. The van der Waals surface area contributed by atoms with Crippen molar-refractivity contribution in [1.29, 1.82) is 0 Å². The van der Waals surface area contributed by atoms with Crippen LogP contribution in [-0.4, -0.2) is 68.0 Å². The number of hydrogen-bond acceptors (Lipinski definition) is 11. The highest BCUT2D eigenvalue weighted by Crippen LogP contribution is 2.37. The third kappa shape index (κ3) is 15.7. The molecule has 0 fully saturated rings. The van der Waals surface area contributed by atoms with E-state index in [4.69, 9.17) is 44.1 Å². The first-order valence-corrected chi connectivity index (χ1v) is 31.1. The summed E-state index contributed by atoms with van der Waals surface area (Å²) in [6, 6.07) is 48.6. The monoisotopic (exact) mass is 1260 g/mol. The molecule has 5 heterocycles. The van der Waals surface area contributed by atoms with Gasteiger partial charge in [0, 0.05) is 97.5 Å². The lowest BCUT2D eigenvalue weighted by atomic mass is 9.96. The number of carbonyl (C=O) groups excluding carboxylic acids is 4. The minimum atomic E-state index is -0.901. The molecule has 16 nitrogen and oxygen atoms in total. The molecule has 0 radical (unpaired) electrons. The lowest BCUT2D eigenvalue weighted by molar-refractivity contribution is -0.120. The molecule has 0 spiro atoms. The smallest absolute Gasteiger partial charge is 0.255 e. The maximum Gasteiger partial charge on any atom is 0.255 e. The number of nitrogens with one attached hydrogen (secondary N) is 4. The quantitative estimate of drug-likeness (QED) is 0.0377. The predicted molar refractivity (Wildman–Crippen MR) is 348 cm³/mol. The lowest BCUT2D eigenvalue weighted by Gasteiger charge is -2.28.